The maximum Gasteiger partial charge on any atom is 0.227 e. The zero-order valence-electron chi connectivity index (χ0n) is 15.8. The molecule has 3 aromatic rings. The number of carbonyl (C=O) groups is 1. The minimum absolute atomic E-state index is 0.133. The molecule has 0 radical (unpaired) electrons. The fraction of sp³-hybridized carbons (Fsp3) is 0.261. The number of nitrogens with zero attached hydrogens (tertiary/aromatic N) is 3. The number of fused-ring (bicyclic) bond motifs is 2. The summed E-state index contributed by atoms with van der Waals surface area (Å²) in [7, 11) is 0. The van der Waals surface area contributed by atoms with Gasteiger partial charge in [-0.25, -0.2) is 9.97 Å². The molecule has 0 saturated carbocycles. The summed E-state index contributed by atoms with van der Waals surface area (Å²) in [6, 6.07) is 18.1. The number of hydrogen-bond donors (Lipinski definition) is 0. The van der Waals surface area contributed by atoms with Gasteiger partial charge >= 0.3 is 0 Å². The number of amides is 1. The molecule has 5 nitrogen and oxygen atoms in total. The van der Waals surface area contributed by atoms with E-state index >= 15 is 0 Å². The lowest BCUT2D eigenvalue weighted by molar-refractivity contribution is -0.168. The fourth-order valence-electron chi connectivity index (χ4n) is 3.92. The molecule has 2 aliphatic heterocycles. The normalized spacial score (nSPS) is 16.7. The average Bonchev–Trinajstić information content (AvgIpc) is 3.08. The second kappa shape index (κ2) is 6.53. The number of hydrogen-bond acceptors (Lipinski definition) is 4. The van der Waals surface area contributed by atoms with Crippen LogP contribution in [0.2, 0.25) is 0 Å². The van der Waals surface area contributed by atoms with Crippen molar-refractivity contribution in [2.75, 3.05) is 13.1 Å². The summed E-state index contributed by atoms with van der Waals surface area (Å²) in [5.41, 5.74) is 4.75. The monoisotopic (exact) mass is 371 g/mol. The molecule has 1 spiro atoms. The van der Waals surface area contributed by atoms with Crippen molar-refractivity contribution in [3.63, 3.8) is 0 Å². The number of rotatable bonds is 3. The van der Waals surface area contributed by atoms with E-state index in [9.17, 15) is 4.79 Å². The highest BCUT2D eigenvalue weighted by Gasteiger charge is 2.52. The Hall–Kier alpha value is -3.05. The molecule has 5 heteroatoms. The molecule has 0 N–H and O–H groups in total. The molecule has 1 aromatic heterocycles. The molecule has 0 unspecified atom stereocenters. The lowest BCUT2D eigenvalue weighted by Crippen LogP contribution is -2.61. The molecule has 140 valence electrons. The maximum absolute atomic E-state index is 12.6. The van der Waals surface area contributed by atoms with Crippen molar-refractivity contribution in [2.24, 2.45) is 0 Å². The van der Waals surface area contributed by atoms with E-state index in [-0.39, 0.29) is 5.91 Å². The van der Waals surface area contributed by atoms with Crippen molar-refractivity contribution in [1.29, 1.82) is 0 Å². The molecule has 1 amide bonds. The van der Waals surface area contributed by atoms with Gasteiger partial charge < -0.3 is 9.64 Å². The van der Waals surface area contributed by atoms with Gasteiger partial charge in [0.1, 0.15) is 5.60 Å². The predicted molar refractivity (Wildman–Crippen MR) is 105 cm³/mol. The van der Waals surface area contributed by atoms with Gasteiger partial charge in [0, 0.05) is 17.3 Å². The number of carbonyl (C=O) groups excluding carboxylic acids is 1. The highest BCUT2D eigenvalue weighted by Crippen LogP contribution is 2.43. The largest absolute Gasteiger partial charge is 0.360 e. The second-order valence-electron chi connectivity index (χ2n) is 7.62. The first kappa shape index (κ1) is 17.1. The Balaban J connectivity index is 1.29. The van der Waals surface area contributed by atoms with Gasteiger partial charge in [-0.15, -0.1) is 0 Å². The van der Waals surface area contributed by atoms with Crippen LogP contribution in [-0.2, 0) is 28.2 Å². The number of likely N-dealkylation sites (tertiary alicyclic amines) is 1. The Bertz CT molecular complexity index is 1030. The van der Waals surface area contributed by atoms with E-state index in [2.05, 4.69) is 4.98 Å². The van der Waals surface area contributed by atoms with Crippen LogP contribution >= 0.6 is 0 Å². The van der Waals surface area contributed by atoms with Crippen molar-refractivity contribution in [2.45, 2.75) is 25.6 Å². The molecular weight excluding hydrogens is 350 g/mol. The minimum Gasteiger partial charge on any atom is -0.360 e. The van der Waals surface area contributed by atoms with Crippen LogP contribution in [0.1, 0.15) is 22.4 Å². The van der Waals surface area contributed by atoms with E-state index in [0.717, 1.165) is 22.4 Å². The van der Waals surface area contributed by atoms with Crippen molar-refractivity contribution in [3.8, 4) is 11.4 Å². The molecule has 1 fully saturated rings. The van der Waals surface area contributed by atoms with Crippen LogP contribution < -0.4 is 0 Å². The van der Waals surface area contributed by atoms with Crippen LogP contribution in [0, 0.1) is 6.92 Å². The first-order valence-corrected chi connectivity index (χ1v) is 9.52. The topological polar surface area (TPSA) is 55.3 Å². The maximum atomic E-state index is 12.6. The first-order valence-electron chi connectivity index (χ1n) is 9.52. The van der Waals surface area contributed by atoms with Crippen LogP contribution in [0.3, 0.4) is 0 Å². The molecular formula is C23H21N3O2. The third-order valence-corrected chi connectivity index (χ3v) is 5.60. The Morgan fingerprint density at radius 3 is 2.61 bits per heavy atom. The van der Waals surface area contributed by atoms with Crippen molar-refractivity contribution in [1.82, 2.24) is 14.9 Å². The highest BCUT2D eigenvalue weighted by atomic mass is 16.5. The number of aromatic nitrogens is 2. The van der Waals surface area contributed by atoms with Crippen molar-refractivity contribution >= 4 is 5.91 Å². The summed E-state index contributed by atoms with van der Waals surface area (Å²) in [5.74, 6) is 0.847. The van der Waals surface area contributed by atoms with Gasteiger partial charge in [0.2, 0.25) is 5.91 Å². The van der Waals surface area contributed by atoms with Crippen LogP contribution in [-0.4, -0.2) is 33.9 Å². The summed E-state index contributed by atoms with van der Waals surface area (Å²) < 4.78 is 6.09. The number of benzene rings is 2. The molecule has 0 atom stereocenters. The summed E-state index contributed by atoms with van der Waals surface area (Å²) in [6.07, 6.45) is 2.30. The number of aryl methyl sites for hydroxylation is 1. The van der Waals surface area contributed by atoms with Gasteiger partial charge in [0.15, 0.2) is 5.82 Å². The molecule has 2 aromatic carbocycles. The van der Waals surface area contributed by atoms with E-state index < -0.39 is 5.60 Å². The minimum atomic E-state index is -0.437. The smallest absolute Gasteiger partial charge is 0.227 e. The van der Waals surface area contributed by atoms with Gasteiger partial charge in [-0.2, -0.15) is 0 Å². The Labute approximate surface area is 164 Å². The second-order valence-corrected chi connectivity index (χ2v) is 7.62. The first-order chi connectivity index (χ1) is 13.6. The lowest BCUT2D eigenvalue weighted by Gasteiger charge is -2.47. The summed E-state index contributed by atoms with van der Waals surface area (Å²) >= 11 is 0. The Morgan fingerprint density at radius 2 is 1.86 bits per heavy atom. The zero-order valence-corrected chi connectivity index (χ0v) is 15.8. The molecule has 2 aliphatic rings. The van der Waals surface area contributed by atoms with Crippen molar-refractivity contribution in [3.05, 3.63) is 83.2 Å². The van der Waals surface area contributed by atoms with Crippen molar-refractivity contribution < 1.29 is 9.53 Å². The van der Waals surface area contributed by atoms with Crippen LogP contribution in [0.25, 0.3) is 11.4 Å². The van der Waals surface area contributed by atoms with E-state index in [4.69, 9.17) is 9.72 Å². The van der Waals surface area contributed by atoms with Gasteiger partial charge in [-0.05, 0) is 12.5 Å². The number of ether oxygens (including phenoxy) is 1. The van der Waals surface area contributed by atoms with E-state index in [1.54, 1.807) is 0 Å². The molecule has 0 aliphatic carbocycles. The zero-order chi connectivity index (χ0) is 19.1. The van der Waals surface area contributed by atoms with E-state index in [0.29, 0.717) is 31.9 Å². The quantitative estimate of drug-likeness (QED) is 0.709. The van der Waals surface area contributed by atoms with Gasteiger partial charge in [0.05, 0.1) is 31.8 Å². The Morgan fingerprint density at radius 1 is 1.11 bits per heavy atom. The molecule has 28 heavy (non-hydrogen) atoms. The predicted octanol–water partition coefficient (Wildman–Crippen LogP) is 3.26. The third kappa shape index (κ3) is 2.88. The van der Waals surface area contributed by atoms with Crippen LogP contribution in [0.15, 0.2) is 60.8 Å². The standard InChI is InChI=1S/C23H21N3O2/c1-16-7-9-17(10-8-16)11-21(27)26-14-23(15-26)19-12-24-22(25-20(19)13-28-23)18-5-3-2-4-6-18/h2-10,12H,11,13-15H2,1H3. The van der Waals surface area contributed by atoms with E-state index in [1.165, 1.54) is 5.56 Å². The molecule has 3 heterocycles. The summed E-state index contributed by atoms with van der Waals surface area (Å²) in [4.78, 5) is 23.7. The fourth-order valence-corrected chi connectivity index (χ4v) is 3.92. The van der Waals surface area contributed by atoms with Gasteiger partial charge in [-0.1, -0.05) is 60.2 Å². The molecule has 1 saturated heterocycles. The molecule has 5 rings (SSSR count). The average molecular weight is 371 g/mol. The van der Waals surface area contributed by atoms with Crippen LogP contribution in [0.4, 0.5) is 0 Å². The third-order valence-electron chi connectivity index (χ3n) is 5.60. The molecule has 0 bridgehead atoms. The van der Waals surface area contributed by atoms with Gasteiger partial charge in [-0.3, -0.25) is 4.79 Å². The SMILES string of the molecule is Cc1ccc(CC(=O)N2CC3(C2)OCc2nc(-c4ccccc4)ncc23)cc1. The van der Waals surface area contributed by atoms with Crippen LogP contribution in [0.5, 0.6) is 0 Å². The van der Waals surface area contributed by atoms with Gasteiger partial charge in [0.25, 0.3) is 0 Å². The lowest BCUT2D eigenvalue weighted by atomic mass is 9.87. The van der Waals surface area contributed by atoms with E-state index in [1.807, 2.05) is 72.6 Å². The Kier molecular flexibility index (Phi) is 3.98. The summed E-state index contributed by atoms with van der Waals surface area (Å²) in [6.45, 7) is 3.65. The highest BCUT2D eigenvalue weighted by molar-refractivity contribution is 5.80. The summed E-state index contributed by atoms with van der Waals surface area (Å²) in [5, 5.41) is 0.